The lowest BCUT2D eigenvalue weighted by atomic mass is 9.67. The van der Waals surface area contributed by atoms with Gasteiger partial charge >= 0.3 is 18.3 Å². The Morgan fingerprint density at radius 2 is 1.73 bits per heavy atom. The number of hydrogen-bond donors (Lipinski definition) is 5. The lowest BCUT2D eigenvalue weighted by Gasteiger charge is -2.40. The Bertz CT molecular complexity index is 1370. The van der Waals surface area contributed by atoms with Crippen molar-refractivity contribution in [2.24, 2.45) is 27.3 Å². The van der Waals surface area contributed by atoms with Gasteiger partial charge in [0.1, 0.15) is 4.75 Å². The Labute approximate surface area is 305 Å². The molecule has 51 heavy (non-hydrogen) atoms. The first-order chi connectivity index (χ1) is 23.8. The maximum absolute atomic E-state index is 14.0. The van der Waals surface area contributed by atoms with Crippen molar-refractivity contribution >= 4 is 51.9 Å². The van der Waals surface area contributed by atoms with Gasteiger partial charge in [0.2, 0.25) is 11.8 Å². The molecule has 0 radical (unpaired) electrons. The number of esters is 1. The van der Waals surface area contributed by atoms with Crippen LogP contribution in [0.5, 0.6) is 0 Å². The second-order valence-electron chi connectivity index (χ2n) is 12.7. The Kier molecular flexibility index (Phi) is 19.4. The molecular formula is C33H48F4N6O6S2. The van der Waals surface area contributed by atoms with Crippen molar-refractivity contribution in [3.8, 4) is 6.07 Å². The molecule has 0 saturated heterocycles. The van der Waals surface area contributed by atoms with Crippen LogP contribution in [-0.4, -0.2) is 96.2 Å². The number of nitrogens with two attached hydrogens (primary N) is 2. The van der Waals surface area contributed by atoms with E-state index in [-0.39, 0.29) is 68.2 Å². The van der Waals surface area contributed by atoms with E-state index in [0.717, 1.165) is 11.8 Å². The molecule has 0 bridgehead atoms. The first kappa shape index (κ1) is 45.5. The van der Waals surface area contributed by atoms with Crippen LogP contribution in [0.1, 0.15) is 64.9 Å². The van der Waals surface area contributed by atoms with Gasteiger partial charge in [-0.3, -0.25) is 19.4 Å². The quantitative estimate of drug-likeness (QED) is 0.0257. The lowest BCUT2D eigenvalue weighted by molar-refractivity contribution is -0.181. The summed E-state index contributed by atoms with van der Waals surface area (Å²) in [4.78, 5) is 44.0. The molecule has 0 aromatic heterocycles. The summed E-state index contributed by atoms with van der Waals surface area (Å²) in [5.74, 6) is -7.11. The predicted octanol–water partition coefficient (Wildman–Crippen LogP) is 3.69. The highest BCUT2D eigenvalue weighted by molar-refractivity contribution is 8.25. The molecule has 0 aliphatic carbocycles. The van der Waals surface area contributed by atoms with Gasteiger partial charge in [0.05, 0.1) is 22.3 Å². The zero-order chi connectivity index (χ0) is 38.7. The third-order valence-electron chi connectivity index (χ3n) is 7.63. The molecule has 2 amide bonds. The molecule has 1 aromatic carbocycles. The maximum atomic E-state index is 14.0. The summed E-state index contributed by atoms with van der Waals surface area (Å²) in [7, 11) is 0. The molecule has 7 N–H and O–H groups in total. The first-order valence-electron chi connectivity index (χ1n) is 16.1. The number of carbonyl (C=O) groups is 3. The molecule has 286 valence electrons. The average molecular weight is 765 g/mol. The summed E-state index contributed by atoms with van der Waals surface area (Å²) in [5.41, 5.74) is 8.26. The Morgan fingerprint density at radius 3 is 2.31 bits per heavy atom. The van der Waals surface area contributed by atoms with Crippen LogP contribution in [-0.2, 0) is 23.9 Å². The second kappa shape index (κ2) is 21.7. The van der Waals surface area contributed by atoms with Gasteiger partial charge < -0.3 is 36.7 Å². The summed E-state index contributed by atoms with van der Waals surface area (Å²) >= 11 is 6.31. The van der Waals surface area contributed by atoms with Crippen LogP contribution in [0.15, 0.2) is 35.3 Å². The zero-order valence-corrected chi connectivity index (χ0v) is 30.7. The molecule has 0 saturated carbocycles. The van der Waals surface area contributed by atoms with Crippen LogP contribution < -0.4 is 22.1 Å². The van der Waals surface area contributed by atoms with E-state index in [1.54, 1.807) is 37.3 Å². The molecule has 0 fully saturated rings. The number of guanidine groups is 1. The molecule has 0 heterocycles. The van der Waals surface area contributed by atoms with E-state index in [1.807, 2.05) is 0 Å². The number of thiocarbonyl (C=S) groups is 1. The Hall–Kier alpha value is -3.53. The van der Waals surface area contributed by atoms with Gasteiger partial charge in [0.15, 0.2) is 12.6 Å². The van der Waals surface area contributed by atoms with Gasteiger partial charge in [-0.15, -0.1) is 0 Å². The SMILES string of the molecule is CC(C#N)(CCC(=O)NCCOCCCO)C[C@](C)(CC(C)(SC(=S)c1ccccc1)C(=O)OCC(F)(F)C(F)F)C(=O)NCCCN=C(N)N. The largest absolute Gasteiger partial charge is 0.458 e. The van der Waals surface area contributed by atoms with Crippen LogP contribution in [0.4, 0.5) is 17.6 Å². The number of aliphatic hydroxyl groups excluding tert-OH is 1. The number of nitrogens with one attached hydrogen (secondary N) is 2. The van der Waals surface area contributed by atoms with Crippen molar-refractivity contribution in [3.05, 3.63) is 35.9 Å². The highest BCUT2D eigenvalue weighted by atomic mass is 32.2. The van der Waals surface area contributed by atoms with Gasteiger partial charge in [0, 0.05) is 44.7 Å². The van der Waals surface area contributed by atoms with Crippen LogP contribution in [0.3, 0.4) is 0 Å². The van der Waals surface area contributed by atoms with E-state index in [2.05, 4.69) is 21.7 Å². The van der Waals surface area contributed by atoms with Crippen molar-refractivity contribution < 1.29 is 46.5 Å². The van der Waals surface area contributed by atoms with Gasteiger partial charge in [0.25, 0.3) is 0 Å². The number of carbonyl (C=O) groups excluding carboxylic acids is 3. The highest BCUT2D eigenvalue weighted by Gasteiger charge is 2.51. The minimum Gasteiger partial charge on any atom is -0.458 e. The van der Waals surface area contributed by atoms with E-state index in [9.17, 15) is 37.2 Å². The Morgan fingerprint density at radius 1 is 1.06 bits per heavy atom. The number of alkyl halides is 4. The highest BCUT2D eigenvalue weighted by Crippen LogP contribution is 2.47. The number of nitriles is 1. The number of hydrogen-bond acceptors (Lipinski definition) is 10. The fourth-order valence-electron chi connectivity index (χ4n) is 5.09. The fraction of sp³-hybridized carbons (Fsp3) is 0.636. The number of aliphatic hydroxyl groups is 1. The van der Waals surface area contributed by atoms with E-state index in [0.29, 0.717) is 25.0 Å². The monoisotopic (exact) mass is 764 g/mol. The summed E-state index contributed by atoms with van der Waals surface area (Å²) in [6.07, 6.45) is -4.11. The van der Waals surface area contributed by atoms with E-state index < -0.39 is 52.8 Å². The number of rotatable bonds is 24. The van der Waals surface area contributed by atoms with Crippen LogP contribution in [0, 0.1) is 22.2 Å². The normalized spacial score (nSPS) is 15.0. The zero-order valence-electron chi connectivity index (χ0n) is 29.0. The molecule has 1 rings (SSSR count). The minimum absolute atomic E-state index is 0.00853. The average Bonchev–Trinajstić information content (AvgIpc) is 3.07. The van der Waals surface area contributed by atoms with Crippen LogP contribution in [0.2, 0.25) is 0 Å². The maximum Gasteiger partial charge on any atom is 0.340 e. The van der Waals surface area contributed by atoms with Gasteiger partial charge in [-0.25, -0.2) is 8.78 Å². The number of amides is 2. The molecule has 18 heteroatoms. The molecule has 0 aliphatic rings. The number of nitrogens with zero attached hydrogens (tertiary/aromatic N) is 2. The van der Waals surface area contributed by atoms with Crippen molar-refractivity contribution in [2.75, 3.05) is 46.1 Å². The van der Waals surface area contributed by atoms with Crippen molar-refractivity contribution in [2.45, 2.75) is 76.4 Å². The van der Waals surface area contributed by atoms with Crippen LogP contribution >= 0.6 is 24.0 Å². The summed E-state index contributed by atoms with van der Waals surface area (Å²) in [5, 5.41) is 24.6. The lowest BCUT2D eigenvalue weighted by Crippen LogP contribution is -2.49. The van der Waals surface area contributed by atoms with Crippen molar-refractivity contribution in [3.63, 3.8) is 0 Å². The number of ether oxygens (including phenoxy) is 2. The summed E-state index contributed by atoms with van der Waals surface area (Å²) in [6, 6.07) is 10.6. The minimum atomic E-state index is -4.64. The van der Waals surface area contributed by atoms with Gasteiger partial charge in [-0.2, -0.15) is 14.0 Å². The smallest absolute Gasteiger partial charge is 0.340 e. The van der Waals surface area contributed by atoms with Crippen molar-refractivity contribution in [1.82, 2.24) is 10.6 Å². The molecule has 3 atom stereocenters. The predicted molar refractivity (Wildman–Crippen MR) is 190 cm³/mol. The fourth-order valence-corrected chi connectivity index (χ4v) is 6.97. The van der Waals surface area contributed by atoms with Gasteiger partial charge in [-0.05, 0) is 51.5 Å². The topological polar surface area (TPSA) is 202 Å². The number of thioether (sulfide) groups is 1. The second-order valence-corrected chi connectivity index (χ2v) is 14.8. The van der Waals surface area contributed by atoms with E-state index >= 15 is 0 Å². The number of aliphatic imine (C=N–C) groups is 1. The van der Waals surface area contributed by atoms with Crippen LogP contribution in [0.25, 0.3) is 0 Å². The summed E-state index contributed by atoms with van der Waals surface area (Å²) in [6.45, 7) is 3.37. The van der Waals surface area contributed by atoms with E-state index in [1.165, 1.54) is 13.8 Å². The third-order valence-corrected chi connectivity index (χ3v) is 9.30. The molecule has 0 aliphatic heterocycles. The molecular weight excluding hydrogens is 717 g/mol. The first-order valence-corrected chi connectivity index (χ1v) is 17.4. The third kappa shape index (κ3) is 16.6. The Balaban J connectivity index is 3.43. The molecule has 0 spiro atoms. The molecule has 12 nitrogen and oxygen atoms in total. The van der Waals surface area contributed by atoms with Crippen molar-refractivity contribution in [1.29, 1.82) is 5.26 Å². The molecule has 1 aromatic rings. The van der Waals surface area contributed by atoms with E-state index in [4.69, 9.17) is 38.3 Å². The standard InChI is InChI=1S/C33H48F4N6O6S2/c1-30(21-38,12-11-24(45)41-15-18-48-17-8-16-44)19-31(2,27(46)42-13-7-14-43-29(39)40)20-32(3,28(47)49-22-33(36,37)26(34)35)51-25(50)23-9-5-4-6-10-23/h4-6,9-10,26,44H,7-8,11-20,22H2,1-3H3,(H,41,45)(H,42,46)(H4,39,40,43)/t30?,31-,32?/m1/s1. The number of benzene rings is 1. The molecule has 2 unspecified atom stereocenters. The number of halogens is 4. The summed E-state index contributed by atoms with van der Waals surface area (Å²) < 4.78 is 62.0. The van der Waals surface area contributed by atoms with Gasteiger partial charge in [-0.1, -0.05) is 61.2 Å².